The molecule has 1 aliphatic rings. The van der Waals surface area contributed by atoms with Crippen LogP contribution in [0.1, 0.15) is 24.2 Å². The fourth-order valence-corrected chi connectivity index (χ4v) is 2.27. The number of urea groups is 1. The van der Waals surface area contributed by atoms with Crippen LogP contribution in [0.3, 0.4) is 0 Å². The second-order valence-electron chi connectivity index (χ2n) is 5.30. The second-order valence-corrected chi connectivity index (χ2v) is 5.70. The van der Waals surface area contributed by atoms with Crippen LogP contribution in [0, 0.1) is 5.82 Å². The molecule has 1 aliphatic heterocycles. The Morgan fingerprint density at radius 2 is 2.00 bits per heavy atom. The number of hydrogen-bond donors (Lipinski definition) is 1. The lowest BCUT2D eigenvalue weighted by atomic mass is 10.2. The molecule has 6 nitrogen and oxygen atoms in total. The molecule has 0 bridgehead atoms. The molecule has 2 rings (SSSR count). The summed E-state index contributed by atoms with van der Waals surface area (Å²) in [5.74, 6) is -1.40. The van der Waals surface area contributed by atoms with E-state index in [1.54, 1.807) is 13.8 Å². The van der Waals surface area contributed by atoms with Crippen LogP contribution in [-0.4, -0.2) is 49.3 Å². The van der Waals surface area contributed by atoms with Crippen molar-refractivity contribution in [2.45, 2.75) is 20.0 Å². The van der Waals surface area contributed by atoms with Crippen molar-refractivity contribution >= 4 is 29.3 Å². The van der Waals surface area contributed by atoms with Crippen LogP contribution < -0.4 is 5.32 Å². The topological polar surface area (TPSA) is 67.9 Å². The van der Waals surface area contributed by atoms with Crippen LogP contribution in [-0.2, 0) is 9.47 Å². The highest BCUT2D eigenvalue weighted by Crippen LogP contribution is 2.25. The average Bonchev–Trinajstić information content (AvgIpc) is 2.50. The Morgan fingerprint density at radius 1 is 1.35 bits per heavy atom. The number of nitrogens with zero attached hydrogens (tertiary/aromatic N) is 1. The number of amides is 2. The maximum absolute atomic E-state index is 14.0. The van der Waals surface area contributed by atoms with E-state index in [9.17, 15) is 14.0 Å². The van der Waals surface area contributed by atoms with Gasteiger partial charge in [0.2, 0.25) is 0 Å². The van der Waals surface area contributed by atoms with Gasteiger partial charge in [0.25, 0.3) is 0 Å². The molecular formula is C15H18ClFN2O4. The molecule has 1 aromatic carbocycles. The van der Waals surface area contributed by atoms with Crippen molar-refractivity contribution in [2.75, 3.05) is 31.6 Å². The Morgan fingerprint density at radius 3 is 2.61 bits per heavy atom. The number of hydrogen-bond acceptors (Lipinski definition) is 4. The number of anilines is 1. The van der Waals surface area contributed by atoms with E-state index in [-0.39, 0.29) is 22.4 Å². The fourth-order valence-electron chi connectivity index (χ4n) is 2.04. The molecule has 0 unspecified atom stereocenters. The van der Waals surface area contributed by atoms with Crippen molar-refractivity contribution < 1.29 is 23.5 Å². The van der Waals surface area contributed by atoms with Crippen LogP contribution in [0.5, 0.6) is 0 Å². The lowest BCUT2D eigenvalue weighted by Crippen LogP contribution is -2.43. The Bertz CT molecular complexity index is 603. The lowest BCUT2D eigenvalue weighted by Gasteiger charge is -2.27. The first kappa shape index (κ1) is 17.5. The lowest BCUT2D eigenvalue weighted by molar-refractivity contribution is 0.0378. The number of nitrogens with one attached hydrogen (secondary N) is 1. The SMILES string of the molecule is CC(C)OC(=O)c1cc(NC(=O)N2CCOCC2)c(F)cc1Cl. The summed E-state index contributed by atoms with van der Waals surface area (Å²) >= 11 is 5.88. The quantitative estimate of drug-likeness (QED) is 0.856. The summed E-state index contributed by atoms with van der Waals surface area (Å²) in [7, 11) is 0. The van der Waals surface area contributed by atoms with Crippen LogP contribution in [0.2, 0.25) is 5.02 Å². The highest BCUT2D eigenvalue weighted by atomic mass is 35.5. The summed E-state index contributed by atoms with van der Waals surface area (Å²) in [6.07, 6.45) is -0.338. The number of carbonyl (C=O) groups is 2. The van der Waals surface area contributed by atoms with Crippen molar-refractivity contribution in [3.05, 3.63) is 28.5 Å². The molecule has 1 heterocycles. The van der Waals surface area contributed by atoms with Crippen molar-refractivity contribution in [3.8, 4) is 0 Å². The first-order valence-electron chi connectivity index (χ1n) is 7.22. The molecule has 0 radical (unpaired) electrons. The van der Waals surface area contributed by atoms with Crippen molar-refractivity contribution in [1.29, 1.82) is 0 Å². The molecular weight excluding hydrogens is 327 g/mol. The first-order chi connectivity index (χ1) is 10.9. The van der Waals surface area contributed by atoms with Gasteiger partial charge in [0, 0.05) is 13.1 Å². The van der Waals surface area contributed by atoms with Crippen LogP contribution >= 0.6 is 11.6 Å². The minimum atomic E-state index is -0.724. The third-order valence-corrected chi connectivity index (χ3v) is 3.47. The van der Waals surface area contributed by atoms with Gasteiger partial charge in [0.05, 0.1) is 35.6 Å². The minimum Gasteiger partial charge on any atom is -0.459 e. The summed E-state index contributed by atoms with van der Waals surface area (Å²) in [5, 5.41) is 2.37. The molecule has 126 valence electrons. The van der Waals surface area contributed by atoms with E-state index in [4.69, 9.17) is 21.1 Å². The predicted molar refractivity (Wildman–Crippen MR) is 83.4 cm³/mol. The molecule has 2 amide bonds. The van der Waals surface area contributed by atoms with E-state index in [0.717, 1.165) is 6.07 Å². The monoisotopic (exact) mass is 344 g/mol. The largest absolute Gasteiger partial charge is 0.459 e. The Kier molecular flexibility index (Phi) is 5.79. The third-order valence-electron chi connectivity index (χ3n) is 3.16. The molecule has 0 aliphatic carbocycles. The van der Waals surface area contributed by atoms with Gasteiger partial charge in [-0.2, -0.15) is 0 Å². The number of rotatable bonds is 3. The van der Waals surface area contributed by atoms with E-state index in [1.807, 2.05) is 0 Å². The summed E-state index contributed by atoms with van der Waals surface area (Å²) in [6, 6.07) is 1.70. The number of esters is 1. The molecule has 1 fully saturated rings. The third kappa shape index (κ3) is 4.56. The molecule has 0 atom stereocenters. The van der Waals surface area contributed by atoms with Crippen LogP contribution in [0.15, 0.2) is 12.1 Å². The average molecular weight is 345 g/mol. The zero-order valence-corrected chi connectivity index (χ0v) is 13.7. The summed E-state index contributed by atoms with van der Waals surface area (Å²) in [6.45, 7) is 5.09. The minimum absolute atomic E-state index is 0.000885. The van der Waals surface area contributed by atoms with E-state index in [1.165, 1.54) is 11.0 Å². The molecule has 0 spiro atoms. The van der Waals surface area contributed by atoms with Crippen molar-refractivity contribution in [3.63, 3.8) is 0 Å². The van der Waals surface area contributed by atoms with Gasteiger partial charge in [0.1, 0.15) is 5.82 Å². The van der Waals surface area contributed by atoms with Crippen molar-refractivity contribution in [1.82, 2.24) is 4.90 Å². The van der Waals surface area contributed by atoms with E-state index in [2.05, 4.69) is 5.32 Å². The van der Waals surface area contributed by atoms with Gasteiger partial charge >= 0.3 is 12.0 Å². The number of morpholine rings is 1. The summed E-state index contributed by atoms with van der Waals surface area (Å²) < 4.78 is 24.2. The molecule has 1 N–H and O–H groups in total. The number of halogens is 2. The number of benzene rings is 1. The zero-order valence-electron chi connectivity index (χ0n) is 12.9. The predicted octanol–water partition coefficient (Wildman–Crippen LogP) is 2.91. The van der Waals surface area contributed by atoms with Crippen LogP contribution in [0.4, 0.5) is 14.9 Å². The van der Waals surface area contributed by atoms with E-state index < -0.39 is 17.8 Å². The van der Waals surface area contributed by atoms with Gasteiger partial charge in [-0.3, -0.25) is 0 Å². The highest BCUT2D eigenvalue weighted by Gasteiger charge is 2.21. The fraction of sp³-hybridized carbons (Fsp3) is 0.467. The summed E-state index contributed by atoms with van der Waals surface area (Å²) in [5.41, 5.74) is -0.124. The molecule has 1 aromatic rings. The molecule has 1 saturated heterocycles. The Labute approximate surface area is 138 Å². The molecule has 8 heteroatoms. The molecule has 23 heavy (non-hydrogen) atoms. The standard InChI is InChI=1S/C15H18ClFN2O4/c1-9(2)23-14(20)10-7-13(12(17)8-11(10)16)18-15(21)19-3-5-22-6-4-19/h7-9H,3-6H2,1-2H3,(H,18,21). The highest BCUT2D eigenvalue weighted by molar-refractivity contribution is 6.33. The smallest absolute Gasteiger partial charge is 0.339 e. The zero-order chi connectivity index (χ0) is 17.0. The summed E-state index contributed by atoms with van der Waals surface area (Å²) in [4.78, 5) is 25.6. The maximum atomic E-state index is 14.0. The van der Waals surface area contributed by atoms with E-state index >= 15 is 0 Å². The van der Waals surface area contributed by atoms with Crippen LogP contribution in [0.25, 0.3) is 0 Å². The number of ether oxygens (including phenoxy) is 2. The van der Waals surface area contributed by atoms with Crippen molar-refractivity contribution in [2.24, 2.45) is 0 Å². The van der Waals surface area contributed by atoms with Gasteiger partial charge in [-0.05, 0) is 26.0 Å². The van der Waals surface area contributed by atoms with Gasteiger partial charge in [-0.15, -0.1) is 0 Å². The maximum Gasteiger partial charge on any atom is 0.339 e. The second kappa shape index (κ2) is 7.61. The van der Waals surface area contributed by atoms with Gasteiger partial charge in [-0.25, -0.2) is 14.0 Å². The normalized spacial score (nSPS) is 14.7. The molecule has 0 aromatic heterocycles. The molecule has 0 saturated carbocycles. The first-order valence-corrected chi connectivity index (χ1v) is 7.60. The van der Waals surface area contributed by atoms with E-state index in [0.29, 0.717) is 26.3 Å². The van der Waals surface area contributed by atoms with Gasteiger partial charge in [0.15, 0.2) is 0 Å². The Balaban J connectivity index is 2.17. The van der Waals surface area contributed by atoms with Gasteiger partial charge in [-0.1, -0.05) is 11.6 Å². The Hall–Kier alpha value is -1.86. The number of carbonyl (C=O) groups excluding carboxylic acids is 2. The van der Waals surface area contributed by atoms with Gasteiger partial charge < -0.3 is 19.7 Å².